The smallest absolute Gasteiger partial charge is 0.260 e. The molecule has 0 amide bonds. The summed E-state index contributed by atoms with van der Waals surface area (Å²) in [5, 5.41) is 0. The highest BCUT2D eigenvalue weighted by molar-refractivity contribution is 6.98. The largest absolute Gasteiger partial charge is 0.458 e. The van der Waals surface area contributed by atoms with E-state index in [1.165, 1.54) is 33.4 Å². The maximum absolute atomic E-state index is 6.83. The van der Waals surface area contributed by atoms with Crippen LogP contribution in [0.25, 0.3) is 11.1 Å². The molecule has 0 N–H and O–H groups in total. The molecule has 0 aliphatic carbocycles. The molecule has 3 aliphatic rings. The van der Waals surface area contributed by atoms with E-state index in [0.717, 1.165) is 51.7 Å². The molecule has 6 aromatic rings. The Labute approximate surface area is 239 Å². The van der Waals surface area contributed by atoms with Gasteiger partial charge in [-0.1, -0.05) is 91.0 Å². The lowest BCUT2D eigenvalue weighted by Crippen LogP contribution is -2.57. The van der Waals surface area contributed by atoms with E-state index in [2.05, 4.69) is 132 Å². The van der Waals surface area contributed by atoms with Gasteiger partial charge in [-0.2, -0.15) is 0 Å². The number of hydrogen-bond acceptors (Lipinski definition) is 3. The molecule has 41 heavy (non-hydrogen) atoms. The molecule has 0 unspecified atom stereocenters. The minimum absolute atomic E-state index is 0.0420. The van der Waals surface area contributed by atoms with Gasteiger partial charge in [-0.25, -0.2) is 0 Å². The Kier molecular flexibility index (Phi) is 4.76. The van der Waals surface area contributed by atoms with Crippen LogP contribution in [0.1, 0.15) is 11.1 Å². The molecular weight excluding hydrogens is 501 g/mol. The van der Waals surface area contributed by atoms with Crippen LogP contribution in [0.15, 0.2) is 133 Å². The zero-order chi connectivity index (χ0) is 26.9. The van der Waals surface area contributed by atoms with E-state index in [9.17, 15) is 0 Å². The summed E-state index contributed by atoms with van der Waals surface area (Å²) in [4.78, 5) is 2.41. The van der Waals surface area contributed by atoms with Crippen LogP contribution in [0.4, 0.5) is 17.1 Å². The highest BCUT2D eigenvalue weighted by Crippen LogP contribution is 2.50. The summed E-state index contributed by atoms with van der Waals surface area (Å²) < 4.78 is 13.3. The van der Waals surface area contributed by atoms with Crippen LogP contribution in [-0.4, -0.2) is 6.71 Å². The molecule has 9 rings (SSSR count). The normalized spacial score (nSPS) is 13.6. The number of rotatable bonds is 2. The Balaban J connectivity index is 1.31. The minimum atomic E-state index is 0.0420. The lowest BCUT2D eigenvalue weighted by atomic mass is 9.34. The van der Waals surface area contributed by atoms with Crippen LogP contribution in [0.5, 0.6) is 23.0 Å². The second kappa shape index (κ2) is 8.64. The van der Waals surface area contributed by atoms with Crippen molar-refractivity contribution in [2.75, 3.05) is 4.90 Å². The molecule has 3 heterocycles. The van der Waals surface area contributed by atoms with Gasteiger partial charge in [0, 0.05) is 34.4 Å². The lowest BCUT2D eigenvalue weighted by Gasteiger charge is -2.37. The van der Waals surface area contributed by atoms with E-state index in [1.54, 1.807) is 0 Å². The number of benzene rings is 6. The maximum atomic E-state index is 6.83. The van der Waals surface area contributed by atoms with Gasteiger partial charge >= 0.3 is 0 Å². The summed E-state index contributed by atoms with van der Waals surface area (Å²) in [6.07, 6.45) is 0.881. The third kappa shape index (κ3) is 3.28. The van der Waals surface area contributed by atoms with E-state index in [4.69, 9.17) is 9.47 Å². The lowest BCUT2D eigenvalue weighted by molar-refractivity contribution is 0.465. The average Bonchev–Trinajstić information content (AvgIpc) is 3.04. The van der Waals surface area contributed by atoms with Gasteiger partial charge in [-0.05, 0) is 64.5 Å². The van der Waals surface area contributed by atoms with Crippen LogP contribution >= 0.6 is 0 Å². The Morgan fingerprint density at radius 3 is 2.02 bits per heavy atom. The third-order valence-electron chi connectivity index (χ3n) is 8.60. The van der Waals surface area contributed by atoms with Gasteiger partial charge in [-0.3, -0.25) is 0 Å². The molecule has 0 spiro atoms. The fourth-order valence-corrected chi connectivity index (χ4v) is 6.86. The molecule has 0 saturated carbocycles. The monoisotopic (exact) mass is 525 g/mol. The van der Waals surface area contributed by atoms with Crippen molar-refractivity contribution in [1.82, 2.24) is 0 Å². The summed E-state index contributed by atoms with van der Waals surface area (Å²) in [5.41, 5.74) is 11.8. The van der Waals surface area contributed by atoms with Crippen LogP contribution in [0.2, 0.25) is 0 Å². The Hall–Kier alpha value is -5.22. The van der Waals surface area contributed by atoms with E-state index in [-0.39, 0.29) is 6.71 Å². The first kappa shape index (κ1) is 22.6. The summed E-state index contributed by atoms with van der Waals surface area (Å²) in [6.45, 7) is 0.0420. The summed E-state index contributed by atoms with van der Waals surface area (Å²) in [7, 11) is 0. The van der Waals surface area contributed by atoms with Crippen molar-refractivity contribution in [1.29, 1.82) is 0 Å². The number of anilines is 3. The molecule has 6 aromatic carbocycles. The summed E-state index contributed by atoms with van der Waals surface area (Å²) in [6, 6.07) is 47.1. The molecule has 0 aromatic heterocycles. The van der Waals surface area contributed by atoms with Gasteiger partial charge in [0.15, 0.2) is 0 Å². The Morgan fingerprint density at radius 2 is 1.20 bits per heavy atom. The second-order valence-corrected chi connectivity index (χ2v) is 10.9. The van der Waals surface area contributed by atoms with Crippen molar-refractivity contribution in [3.05, 3.63) is 145 Å². The molecule has 192 valence electrons. The summed E-state index contributed by atoms with van der Waals surface area (Å²) in [5.74, 6) is 3.54. The highest BCUT2D eigenvalue weighted by atomic mass is 16.5. The van der Waals surface area contributed by atoms with Crippen LogP contribution in [0, 0.1) is 0 Å². The topological polar surface area (TPSA) is 21.7 Å². The van der Waals surface area contributed by atoms with Crippen molar-refractivity contribution in [3.8, 4) is 34.1 Å². The quantitative estimate of drug-likeness (QED) is 0.219. The molecule has 0 atom stereocenters. The number of fused-ring (bicyclic) bond motifs is 6. The van der Waals surface area contributed by atoms with Crippen molar-refractivity contribution in [2.24, 2.45) is 0 Å². The predicted molar refractivity (Wildman–Crippen MR) is 167 cm³/mol. The first-order chi connectivity index (χ1) is 20.3. The molecule has 0 fully saturated rings. The molecular formula is C37H24BNO2. The van der Waals surface area contributed by atoms with Crippen LogP contribution < -0.4 is 30.8 Å². The van der Waals surface area contributed by atoms with E-state index < -0.39 is 0 Å². The van der Waals surface area contributed by atoms with E-state index in [0.29, 0.717) is 0 Å². The maximum Gasteiger partial charge on any atom is 0.260 e. The van der Waals surface area contributed by atoms with Crippen molar-refractivity contribution in [3.63, 3.8) is 0 Å². The Morgan fingerprint density at radius 1 is 0.512 bits per heavy atom. The first-order valence-corrected chi connectivity index (χ1v) is 14.1. The number of nitrogens with zero attached hydrogens (tertiary/aromatic N) is 1. The van der Waals surface area contributed by atoms with Crippen LogP contribution in [0.3, 0.4) is 0 Å². The first-order valence-electron chi connectivity index (χ1n) is 14.1. The molecule has 0 bridgehead atoms. The van der Waals surface area contributed by atoms with Crippen molar-refractivity contribution in [2.45, 2.75) is 6.42 Å². The van der Waals surface area contributed by atoms with E-state index >= 15 is 0 Å². The molecule has 0 radical (unpaired) electrons. The van der Waals surface area contributed by atoms with E-state index in [1.807, 2.05) is 6.07 Å². The van der Waals surface area contributed by atoms with Gasteiger partial charge in [0.25, 0.3) is 6.71 Å². The Bertz CT molecular complexity index is 1990. The SMILES string of the molecule is c1ccc(N2c3ccccc3Cc3cccc(-c4ccc5c6c4Oc4ccccc4B6c4ccccc4O5)c32)cc1. The van der Waals surface area contributed by atoms with Crippen molar-refractivity contribution >= 4 is 40.2 Å². The van der Waals surface area contributed by atoms with Gasteiger partial charge in [0.05, 0.1) is 5.69 Å². The minimum Gasteiger partial charge on any atom is -0.458 e. The van der Waals surface area contributed by atoms with Crippen molar-refractivity contribution < 1.29 is 9.47 Å². The molecule has 4 heteroatoms. The standard InChI is InChI=1S/C37H24BNO2/c1-2-13-26(14-3-1)39-31-18-7-4-11-24(31)23-25-12-10-15-27(36(25)39)28-21-22-34-35-37(28)41-33-20-9-6-17-30(33)38(35)29-16-5-8-19-32(29)40-34/h1-22H,23H2. The number of ether oxygens (including phenoxy) is 2. The number of para-hydroxylation sites is 5. The second-order valence-electron chi connectivity index (χ2n) is 10.9. The molecule has 0 saturated heterocycles. The van der Waals surface area contributed by atoms with Gasteiger partial charge in [-0.15, -0.1) is 0 Å². The van der Waals surface area contributed by atoms with Crippen LogP contribution in [-0.2, 0) is 6.42 Å². The summed E-state index contributed by atoms with van der Waals surface area (Å²) >= 11 is 0. The van der Waals surface area contributed by atoms with Gasteiger partial charge in [0.2, 0.25) is 0 Å². The van der Waals surface area contributed by atoms with Gasteiger partial charge < -0.3 is 14.4 Å². The molecule has 3 nitrogen and oxygen atoms in total. The fourth-order valence-electron chi connectivity index (χ4n) is 6.86. The highest BCUT2D eigenvalue weighted by Gasteiger charge is 2.41. The predicted octanol–water partition coefficient (Wildman–Crippen LogP) is 7.46. The fraction of sp³-hybridized carbons (Fsp3) is 0.0270. The van der Waals surface area contributed by atoms with Gasteiger partial charge in [0.1, 0.15) is 23.0 Å². The zero-order valence-electron chi connectivity index (χ0n) is 22.2. The number of hydrogen-bond donors (Lipinski definition) is 0. The molecule has 3 aliphatic heterocycles. The average molecular weight is 525 g/mol. The zero-order valence-corrected chi connectivity index (χ0v) is 22.2. The third-order valence-corrected chi connectivity index (χ3v) is 8.60.